The van der Waals surface area contributed by atoms with Crippen molar-refractivity contribution in [1.29, 1.82) is 0 Å². The topological polar surface area (TPSA) is 30.7 Å². The number of aromatic nitrogens is 3. The molecule has 2 aromatic rings. The summed E-state index contributed by atoms with van der Waals surface area (Å²) in [4.78, 5) is 0. The van der Waals surface area contributed by atoms with Crippen molar-refractivity contribution in [2.24, 2.45) is 0 Å². The van der Waals surface area contributed by atoms with Crippen molar-refractivity contribution in [3.63, 3.8) is 0 Å². The minimum atomic E-state index is 0.543. The number of rotatable bonds is 3. The minimum Gasteiger partial charge on any atom is -0.246 e. The van der Waals surface area contributed by atoms with Crippen molar-refractivity contribution < 1.29 is 0 Å². The molecule has 0 saturated carbocycles. The van der Waals surface area contributed by atoms with E-state index in [9.17, 15) is 0 Å². The Bertz CT molecular complexity index is 475. The van der Waals surface area contributed by atoms with E-state index in [1.54, 1.807) is 0 Å². The van der Waals surface area contributed by atoms with E-state index >= 15 is 0 Å². The summed E-state index contributed by atoms with van der Waals surface area (Å²) in [6.45, 7) is 0. The highest BCUT2D eigenvalue weighted by Gasteiger charge is 2.20. The molecular formula is C14H17N3. The van der Waals surface area contributed by atoms with Crippen molar-refractivity contribution in [3.8, 4) is 0 Å². The molecule has 0 radical (unpaired) electrons. The molecule has 1 aliphatic rings. The molecule has 2 heterocycles. The molecule has 0 bridgehead atoms. The number of nitrogens with zero attached hydrogens (tertiary/aromatic N) is 3. The number of benzene rings is 1. The van der Waals surface area contributed by atoms with E-state index in [1.807, 2.05) is 6.20 Å². The number of fused-ring (bicyclic) bond motifs is 1. The Labute approximate surface area is 101 Å². The SMILES string of the molecule is c1ccc(CCC2CCCc3cnnn32)cc1. The highest BCUT2D eigenvalue weighted by atomic mass is 15.4. The summed E-state index contributed by atoms with van der Waals surface area (Å²) in [7, 11) is 0. The molecule has 3 nitrogen and oxygen atoms in total. The van der Waals surface area contributed by atoms with Crippen LogP contribution in [0.25, 0.3) is 0 Å². The van der Waals surface area contributed by atoms with Crippen LogP contribution in [0.3, 0.4) is 0 Å². The first-order valence-electron chi connectivity index (χ1n) is 6.36. The molecule has 0 fully saturated rings. The Balaban J connectivity index is 1.68. The van der Waals surface area contributed by atoms with Gasteiger partial charge in [0.25, 0.3) is 0 Å². The largest absolute Gasteiger partial charge is 0.246 e. The van der Waals surface area contributed by atoms with Crippen molar-refractivity contribution >= 4 is 0 Å². The molecule has 0 N–H and O–H groups in total. The Kier molecular flexibility index (Phi) is 2.90. The molecule has 17 heavy (non-hydrogen) atoms. The molecular weight excluding hydrogens is 210 g/mol. The van der Waals surface area contributed by atoms with Crippen LogP contribution in [0.2, 0.25) is 0 Å². The summed E-state index contributed by atoms with van der Waals surface area (Å²) >= 11 is 0. The van der Waals surface area contributed by atoms with Crippen molar-refractivity contribution in [1.82, 2.24) is 15.0 Å². The normalized spacial score (nSPS) is 18.9. The van der Waals surface area contributed by atoms with Gasteiger partial charge in [-0.3, -0.25) is 0 Å². The van der Waals surface area contributed by atoms with Gasteiger partial charge >= 0.3 is 0 Å². The van der Waals surface area contributed by atoms with Gasteiger partial charge in [0, 0.05) is 0 Å². The highest BCUT2D eigenvalue weighted by Crippen LogP contribution is 2.26. The summed E-state index contributed by atoms with van der Waals surface area (Å²) in [5.74, 6) is 0. The molecule has 0 amide bonds. The lowest BCUT2D eigenvalue weighted by atomic mass is 9.97. The maximum absolute atomic E-state index is 4.22. The molecule has 0 spiro atoms. The van der Waals surface area contributed by atoms with Gasteiger partial charge < -0.3 is 0 Å². The predicted octanol–water partition coefficient (Wildman–Crippen LogP) is 2.79. The highest BCUT2D eigenvalue weighted by molar-refractivity contribution is 5.15. The van der Waals surface area contributed by atoms with Crippen LogP contribution >= 0.6 is 0 Å². The van der Waals surface area contributed by atoms with E-state index in [2.05, 4.69) is 45.3 Å². The lowest BCUT2D eigenvalue weighted by molar-refractivity contribution is 0.341. The zero-order valence-corrected chi connectivity index (χ0v) is 9.92. The fourth-order valence-electron chi connectivity index (χ4n) is 2.64. The van der Waals surface area contributed by atoms with E-state index in [-0.39, 0.29) is 0 Å². The third-order valence-electron chi connectivity index (χ3n) is 3.57. The van der Waals surface area contributed by atoms with Crippen LogP contribution < -0.4 is 0 Å². The van der Waals surface area contributed by atoms with Crippen molar-refractivity contribution in [2.45, 2.75) is 38.1 Å². The molecule has 1 unspecified atom stereocenters. The quantitative estimate of drug-likeness (QED) is 0.807. The van der Waals surface area contributed by atoms with E-state index in [0.29, 0.717) is 6.04 Å². The molecule has 0 aliphatic carbocycles. The Hall–Kier alpha value is -1.64. The smallest absolute Gasteiger partial charge is 0.0725 e. The van der Waals surface area contributed by atoms with Crippen molar-refractivity contribution in [2.75, 3.05) is 0 Å². The molecule has 88 valence electrons. The second kappa shape index (κ2) is 4.70. The van der Waals surface area contributed by atoms with Gasteiger partial charge in [-0.05, 0) is 37.7 Å². The summed E-state index contributed by atoms with van der Waals surface area (Å²) in [6, 6.07) is 11.2. The average molecular weight is 227 g/mol. The van der Waals surface area contributed by atoms with Crippen LogP contribution in [0.4, 0.5) is 0 Å². The Morgan fingerprint density at radius 1 is 1.24 bits per heavy atom. The van der Waals surface area contributed by atoms with Crippen LogP contribution in [0.5, 0.6) is 0 Å². The van der Waals surface area contributed by atoms with Crippen molar-refractivity contribution in [3.05, 3.63) is 47.8 Å². The fourth-order valence-corrected chi connectivity index (χ4v) is 2.64. The summed E-state index contributed by atoms with van der Waals surface area (Å²) in [5, 5.41) is 8.24. The maximum atomic E-state index is 4.22. The fraction of sp³-hybridized carbons (Fsp3) is 0.429. The molecule has 1 aromatic heterocycles. The van der Waals surface area contributed by atoms with Crippen LogP contribution in [0.1, 0.15) is 36.6 Å². The van der Waals surface area contributed by atoms with E-state index in [4.69, 9.17) is 0 Å². The summed E-state index contributed by atoms with van der Waals surface area (Å²) in [6.07, 6.45) is 7.85. The number of aryl methyl sites for hydroxylation is 2. The first-order chi connectivity index (χ1) is 8.43. The van der Waals surface area contributed by atoms with Gasteiger partial charge in [-0.2, -0.15) is 0 Å². The first kappa shape index (κ1) is 10.5. The van der Waals surface area contributed by atoms with Gasteiger partial charge in [0.05, 0.1) is 17.9 Å². The molecule has 1 atom stereocenters. The number of hydrogen-bond donors (Lipinski definition) is 0. The Morgan fingerprint density at radius 2 is 2.12 bits per heavy atom. The third kappa shape index (κ3) is 2.23. The second-order valence-electron chi connectivity index (χ2n) is 4.74. The van der Waals surface area contributed by atoms with Gasteiger partial charge in [0.1, 0.15) is 0 Å². The van der Waals surface area contributed by atoms with E-state index in [0.717, 1.165) is 12.8 Å². The Morgan fingerprint density at radius 3 is 3.00 bits per heavy atom. The van der Waals surface area contributed by atoms with Crippen LogP contribution in [-0.2, 0) is 12.8 Å². The second-order valence-corrected chi connectivity index (χ2v) is 4.74. The maximum Gasteiger partial charge on any atom is 0.0725 e. The van der Waals surface area contributed by atoms with Crippen LogP contribution in [-0.4, -0.2) is 15.0 Å². The summed E-state index contributed by atoms with van der Waals surface area (Å²) < 4.78 is 2.13. The van der Waals surface area contributed by atoms with E-state index in [1.165, 1.54) is 30.5 Å². The zero-order chi connectivity index (χ0) is 11.5. The lowest BCUT2D eigenvalue weighted by Gasteiger charge is -2.23. The standard InChI is InChI=1S/C14H17N3/c1-2-5-12(6-3-1)9-10-13-7-4-8-14-11-15-16-17(13)14/h1-3,5-6,11,13H,4,7-10H2. The van der Waals surface area contributed by atoms with Crippen LogP contribution in [0.15, 0.2) is 36.5 Å². The third-order valence-corrected chi connectivity index (χ3v) is 3.57. The monoisotopic (exact) mass is 227 g/mol. The van der Waals surface area contributed by atoms with E-state index < -0.39 is 0 Å². The molecule has 3 heteroatoms. The predicted molar refractivity (Wildman–Crippen MR) is 66.8 cm³/mol. The molecule has 1 aliphatic heterocycles. The minimum absolute atomic E-state index is 0.543. The number of hydrogen-bond acceptors (Lipinski definition) is 2. The average Bonchev–Trinajstić information content (AvgIpc) is 2.86. The first-order valence-corrected chi connectivity index (χ1v) is 6.36. The zero-order valence-electron chi connectivity index (χ0n) is 9.92. The molecule has 0 saturated heterocycles. The summed E-state index contributed by atoms with van der Waals surface area (Å²) in [5.41, 5.74) is 2.72. The van der Waals surface area contributed by atoms with Gasteiger partial charge in [0.15, 0.2) is 0 Å². The molecule has 3 rings (SSSR count). The van der Waals surface area contributed by atoms with Crippen LogP contribution in [0, 0.1) is 0 Å². The van der Waals surface area contributed by atoms with Gasteiger partial charge in [-0.15, -0.1) is 5.10 Å². The van der Waals surface area contributed by atoms with Gasteiger partial charge in [-0.25, -0.2) is 4.68 Å². The lowest BCUT2D eigenvalue weighted by Crippen LogP contribution is -2.19. The van der Waals surface area contributed by atoms with Gasteiger partial charge in [-0.1, -0.05) is 35.5 Å². The van der Waals surface area contributed by atoms with Gasteiger partial charge in [0.2, 0.25) is 0 Å². The molecule has 1 aromatic carbocycles.